The number of nitro groups is 1. The van der Waals surface area contributed by atoms with E-state index >= 15 is 0 Å². The molecule has 3 aromatic rings. The number of oxime groups is 1. The maximum absolute atomic E-state index is 14.5. The fourth-order valence-electron chi connectivity index (χ4n) is 6.42. The Kier molecular flexibility index (Phi) is 14.4. The van der Waals surface area contributed by atoms with E-state index in [1.54, 1.807) is 56.0 Å². The van der Waals surface area contributed by atoms with Crippen molar-refractivity contribution in [1.82, 2.24) is 15.1 Å². The van der Waals surface area contributed by atoms with Crippen molar-refractivity contribution < 1.29 is 48.2 Å². The van der Waals surface area contributed by atoms with Gasteiger partial charge in [-0.1, -0.05) is 36.2 Å². The molecule has 302 valence electrons. The summed E-state index contributed by atoms with van der Waals surface area (Å²) < 4.78 is 27.7. The molecule has 1 aliphatic heterocycles. The number of halogens is 1. The van der Waals surface area contributed by atoms with Crippen LogP contribution in [0.4, 0.5) is 10.5 Å². The van der Waals surface area contributed by atoms with E-state index in [-0.39, 0.29) is 30.9 Å². The smallest absolute Gasteiger partial charge is 0.345 e. The van der Waals surface area contributed by atoms with Crippen LogP contribution < -0.4 is 24.3 Å². The van der Waals surface area contributed by atoms with Crippen LogP contribution in [0.15, 0.2) is 53.7 Å². The second-order valence-electron chi connectivity index (χ2n) is 14.0. The van der Waals surface area contributed by atoms with Gasteiger partial charge < -0.3 is 39.1 Å². The molecule has 1 aliphatic rings. The van der Waals surface area contributed by atoms with Gasteiger partial charge in [0.15, 0.2) is 5.84 Å². The molecule has 0 bridgehead atoms. The molecule has 3 amide bonds. The van der Waals surface area contributed by atoms with Gasteiger partial charge in [0.25, 0.3) is 5.69 Å². The predicted octanol–water partition coefficient (Wildman–Crippen LogP) is 6.78. The van der Waals surface area contributed by atoms with Gasteiger partial charge in [-0.3, -0.25) is 19.8 Å². The Labute approximate surface area is 330 Å². The number of nitrogens with one attached hydrogen (secondary N) is 1. The minimum Gasteiger partial charge on any atom is -0.496 e. The summed E-state index contributed by atoms with van der Waals surface area (Å²) in [6, 6.07) is 10.7. The van der Waals surface area contributed by atoms with Crippen molar-refractivity contribution in [2.75, 3.05) is 41.5 Å². The number of rotatable bonds is 14. The van der Waals surface area contributed by atoms with Gasteiger partial charge in [0.2, 0.25) is 5.91 Å². The van der Waals surface area contributed by atoms with Crippen LogP contribution >= 0.6 is 11.6 Å². The zero-order valence-corrected chi connectivity index (χ0v) is 33.5. The third kappa shape index (κ3) is 10.3. The van der Waals surface area contributed by atoms with Crippen molar-refractivity contribution in [3.8, 4) is 23.0 Å². The number of nitrogens with zero attached hydrogens (tertiary/aromatic N) is 4. The summed E-state index contributed by atoms with van der Waals surface area (Å²) in [6.45, 7) is 6.39. The van der Waals surface area contributed by atoms with Gasteiger partial charge in [0, 0.05) is 29.8 Å². The molecule has 56 heavy (non-hydrogen) atoms. The molecule has 16 nitrogen and oxygen atoms in total. The maximum atomic E-state index is 14.5. The number of hydrogen-bond acceptors (Lipinski definition) is 12. The zero-order valence-electron chi connectivity index (χ0n) is 32.7. The lowest BCUT2D eigenvalue weighted by Gasteiger charge is -2.27. The quantitative estimate of drug-likeness (QED) is 0.0754. The first-order valence-electron chi connectivity index (χ1n) is 17.8. The Morgan fingerprint density at radius 2 is 1.68 bits per heavy atom. The van der Waals surface area contributed by atoms with Crippen molar-refractivity contribution in [2.45, 2.75) is 65.1 Å². The van der Waals surface area contributed by atoms with Crippen molar-refractivity contribution >= 4 is 41.0 Å². The van der Waals surface area contributed by atoms with E-state index in [0.29, 0.717) is 57.6 Å². The molecular weight excluding hydrogens is 750 g/mol. The molecule has 1 heterocycles. The molecule has 0 radical (unpaired) electrons. The van der Waals surface area contributed by atoms with Gasteiger partial charge in [-0.25, -0.2) is 9.59 Å². The number of benzene rings is 3. The largest absolute Gasteiger partial charge is 0.496 e. The van der Waals surface area contributed by atoms with Gasteiger partial charge in [0.05, 0.1) is 64.0 Å². The molecule has 1 fully saturated rings. The molecule has 0 saturated carbocycles. The number of ether oxygens (including phenoxy) is 5. The lowest BCUT2D eigenvalue weighted by Crippen LogP contribution is -2.48. The van der Waals surface area contributed by atoms with Gasteiger partial charge >= 0.3 is 12.0 Å². The summed E-state index contributed by atoms with van der Waals surface area (Å²) in [5.74, 6) is -0.623. The lowest BCUT2D eigenvalue weighted by atomic mass is 9.96. The van der Waals surface area contributed by atoms with Crippen LogP contribution in [0.1, 0.15) is 73.6 Å². The Morgan fingerprint density at radius 1 is 1.02 bits per heavy atom. The van der Waals surface area contributed by atoms with E-state index in [1.807, 2.05) is 6.92 Å². The van der Waals surface area contributed by atoms with Gasteiger partial charge in [-0.2, -0.15) is 0 Å². The van der Waals surface area contributed by atoms with E-state index < -0.39 is 52.6 Å². The molecule has 2 atom stereocenters. The summed E-state index contributed by atoms with van der Waals surface area (Å²) in [6.07, 6.45) is 0.944. The number of hydrogen-bond donors (Lipinski definition) is 2. The summed E-state index contributed by atoms with van der Waals surface area (Å²) in [5.41, 5.74) is -0.145. The Balaban J connectivity index is 1.76. The SMILES string of the molecule is CCC[C@@H](NC(=O)N1CC(=NO)N(Cc2c(OC)cc(OC)cc2OC)C[C@H](Cc2cc(Cl)ccc2OC)C1=O)c1ccc(C(=O)OC(C)(C)C)c([N+](=O)[O-])c1. The molecule has 0 unspecified atom stereocenters. The van der Waals surface area contributed by atoms with Crippen LogP contribution in [0.25, 0.3) is 0 Å². The minimum absolute atomic E-state index is 0.0154. The topological polar surface area (TPSA) is 192 Å². The highest BCUT2D eigenvalue weighted by Crippen LogP contribution is 2.36. The number of nitro benzene ring substituents is 1. The van der Waals surface area contributed by atoms with E-state index in [0.717, 1.165) is 4.90 Å². The van der Waals surface area contributed by atoms with E-state index in [9.17, 15) is 29.7 Å². The van der Waals surface area contributed by atoms with Gasteiger partial charge in [0.1, 0.15) is 34.2 Å². The number of imide groups is 1. The van der Waals surface area contributed by atoms with Crippen LogP contribution in [0.3, 0.4) is 0 Å². The maximum Gasteiger partial charge on any atom is 0.345 e. The van der Waals surface area contributed by atoms with Crippen LogP contribution in [-0.4, -0.2) is 90.8 Å². The average Bonchev–Trinajstić information content (AvgIpc) is 3.28. The molecule has 3 aromatic carbocycles. The molecule has 1 saturated heterocycles. The average molecular weight is 798 g/mol. The Morgan fingerprint density at radius 3 is 2.23 bits per heavy atom. The fourth-order valence-corrected chi connectivity index (χ4v) is 6.61. The third-order valence-corrected chi connectivity index (χ3v) is 9.31. The monoisotopic (exact) mass is 797 g/mol. The second kappa shape index (κ2) is 18.7. The van der Waals surface area contributed by atoms with Crippen LogP contribution in [0, 0.1) is 16.0 Å². The summed E-state index contributed by atoms with van der Waals surface area (Å²) in [4.78, 5) is 55.7. The first-order valence-corrected chi connectivity index (χ1v) is 18.2. The third-order valence-electron chi connectivity index (χ3n) is 9.07. The van der Waals surface area contributed by atoms with E-state index in [4.69, 9.17) is 35.3 Å². The Hall–Kier alpha value is -5.77. The first-order chi connectivity index (χ1) is 26.6. The van der Waals surface area contributed by atoms with Crippen LogP contribution in [-0.2, 0) is 22.5 Å². The fraction of sp³-hybridized carbons (Fsp3) is 0.436. The highest BCUT2D eigenvalue weighted by molar-refractivity contribution is 6.30. The molecule has 4 rings (SSSR count). The number of methoxy groups -OCH3 is 4. The standard InChI is InChI=1S/C39H48ClN5O11/c1-9-10-30(23-11-13-28(31(17-23)45(50)51)37(47)56-39(2,3)4)41-38(48)44-22-35(42-49)43(21-29-33(54-7)18-27(52-5)19-34(29)55-8)20-25(36(44)46)15-24-16-26(40)12-14-32(24)53-6/h11-14,16-19,25,30,49H,9-10,15,20-22H2,1-8H3,(H,41,48)/t25-,30+/m0/s1. The number of urea groups is 1. The second-order valence-corrected chi connectivity index (χ2v) is 14.5. The molecule has 17 heteroatoms. The number of carbonyl (C=O) groups is 3. The summed E-state index contributed by atoms with van der Waals surface area (Å²) >= 11 is 6.36. The number of amidine groups is 1. The Bertz CT molecular complexity index is 1940. The molecule has 2 N–H and O–H groups in total. The van der Waals surface area contributed by atoms with Gasteiger partial charge in [-0.05, 0) is 69.0 Å². The van der Waals surface area contributed by atoms with Crippen molar-refractivity contribution in [3.05, 3.63) is 85.9 Å². The summed E-state index contributed by atoms with van der Waals surface area (Å²) in [5, 5.41) is 29.4. The molecule has 0 spiro atoms. The molecular formula is C39H48ClN5O11. The molecule has 0 aromatic heterocycles. The number of carbonyl (C=O) groups excluding carboxylic acids is 3. The predicted molar refractivity (Wildman–Crippen MR) is 207 cm³/mol. The lowest BCUT2D eigenvalue weighted by molar-refractivity contribution is -0.385. The zero-order chi connectivity index (χ0) is 41.3. The highest BCUT2D eigenvalue weighted by atomic mass is 35.5. The van der Waals surface area contributed by atoms with E-state index in [2.05, 4.69) is 10.5 Å². The van der Waals surface area contributed by atoms with Crippen LogP contribution in [0.2, 0.25) is 5.02 Å². The van der Waals surface area contributed by atoms with Crippen LogP contribution in [0.5, 0.6) is 23.0 Å². The van der Waals surface area contributed by atoms with Crippen molar-refractivity contribution in [1.29, 1.82) is 0 Å². The molecule has 0 aliphatic carbocycles. The van der Waals surface area contributed by atoms with E-state index in [1.165, 1.54) is 46.6 Å². The minimum atomic E-state index is -0.915. The summed E-state index contributed by atoms with van der Waals surface area (Å²) in [7, 11) is 5.96. The first kappa shape index (κ1) is 43.0. The normalized spacial score (nSPS) is 15.8. The van der Waals surface area contributed by atoms with Crippen molar-refractivity contribution in [3.63, 3.8) is 0 Å². The number of amides is 3. The number of esters is 1. The van der Waals surface area contributed by atoms with Crippen molar-refractivity contribution in [2.24, 2.45) is 11.1 Å². The van der Waals surface area contributed by atoms with Gasteiger partial charge in [-0.15, -0.1) is 0 Å². The highest BCUT2D eigenvalue weighted by Gasteiger charge is 2.39.